The molecule has 2 heterocycles. The second-order valence-electron chi connectivity index (χ2n) is 7.20. The van der Waals surface area contributed by atoms with Crippen LogP contribution in [-0.2, 0) is 13.1 Å². The lowest BCUT2D eigenvalue weighted by Crippen LogP contribution is -2.17. The van der Waals surface area contributed by atoms with E-state index < -0.39 is 18.1 Å². The molecule has 0 atom stereocenters. The van der Waals surface area contributed by atoms with Crippen LogP contribution in [0.15, 0.2) is 52.9 Å². The Morgan fingerprint density at radius 1 is 1.00 bits per heavy atom. The van der Waals surface area contributed by atoms with Gasteiger partial charge in [-0.05, 0) is 26.2 Å². The van der Waals surface area contributed by atoms with Crippen LogP contribution in [0.25, 0.3) is 22.7 Å². The van der Waals surface area contributed by atoms with Crippen LogP contribution < -0.4 is 0 Å². The van der Waals surface area contributed by atoms with Crippen LogP contribution in [0.2, 0.25) is 0 Å². The summed E-state index contributed by atoms with van der Waals surface area (Å²) in [5.41, 5.74) is 3.09. The van der Waals surface area contributed by atoms with Crippen LogP contribution in [0.1, 0.15) is 23.6 Å². The number of hydrogen-bond donors (Lipinski definition) is 0. The molecular formula is C21H19F3N6O. The van der Waals surface area contributed by atoms with Gasteiger partial charge in [0.05, 0.1) is 12.2 Å². The molecule has 160 valence electrons. The monoisotopic (exact) mass is 428 g/mol. The molecule has 4 rings (SSSR count). The highest BCUT2D eigenvalue weighted by molar-refractivity contribution is 5.61. The summed E-state index contributed by atoms with van der Waals surface area (Å²) in [5.74, 6) is -1.51. The Labute approximate surface area is 176 Å². The molecule has 7 nitrogen and oxygen atoms in total. The van der Waals surface area contributed by atoms with E-state index in [1.165, 1.54) is 6.07 Å². The summed E-state index contributed by atoms with van der Waals surface area (Å²) in [7, 11) is 3.86. The fourth-order valence-corrected chi connectivity index (χ4v) is 3.15. The normalized spacial score (nSPS) is 11.6. The third-order valence-electron chi connectivity index (χ3n) is 4.60. The minimum Gasteiger partial charge on any atom is -0.415 e. The highest BCUT2D eigenvalue weighted by atomic mass is 19.3. The zero-order valence-electron chi connectivity index (χ0n) is 16.8. The van der Waals surface area contributed by atoms with E-state index in [-0.39, 0.29) is 18.0 Å². The van der Waals surface area contributed by atoms with Gasteiger partial charge >= 0.3 is 6.43 Å². The van der Waals surface area contributed by atoms with Crippen molar-refractivity contribution in [3.05, 3.63) is 71.5 Å². The highest BCUT2D eigenvalue weighted by Crippen LogP contribution is 2.26. The Balaban J connectivity index is 1.63. The van der Waals surface area contributed by atoms with Crippen molar-refractivity contribution in [2.75, 3.05) is 14.1 Å². The fourth-order valence-electron chi connectivity index (χ4n) is 3.15. The van der Waals surface area contributed by atoms with Crippen LogP contribution in [0.3, 0.4) is 0 Å². The average Bonchev–Trinajstić information content (AvgIpc) is 3.38. The van der Waals surface area contributed by atoms with Gasteiger partial charge in [-0.25, -0.2) is 9.07 Å². The number of alkyl halides is 2. The average molecular weight is 428 g/mol. The lowest BCUT2D eigenvalue weighted by molar-refractivity contribution is 0.116. The van der Waals surface area contributed by atoms with Crippen molar-refractivity contribution in [3.8, 4) is 22.7 Å². The van der Waals surface area contributed by atoms with Crippen LogP contribution >= 0.6 is 0 Å². The summed E-state index contributed by atoms with van der Waals surface area (Å²) in [6.45, 7) is 0.719. The number of nitrogens with zero attached hydrogens (tertiary/aromatic N) is 6. The first-order valence-corrected chi connectivity index (χ1v) is 9.45. The molecule has 2 aromatic carbocycles. The Hall–Kier alpha value is -3.53. The molecule has 0 unspecified atom stereocenters. The molecule has 4 aromatic rings. The van der Waals surface area contributed by atoms with Gasteiger partial charge in [0, 0.05) is 23.2 Å². The molecular weight excluding hydrogens is 409 g/mol. The first kappa shape index (κ1) is 20.7. The summed E-state index contributed by atoms with van der Waals surface area (Å²) in [6.07, 6.45) is -2.88. The van der Waals surface area contributed by atoms with Crippen LogP contribution in [-0.4, -0.2) is 44.2 Å². The van der Waals surface area contributed by atoms with Crippen molar-refractivity contribution in [2.24, 2.45) is 0 Å². The molecule has 31 heavy (non-hydrogen) atoms. The molecule has 0 radical (unpaired) electrons. The topological polar surface area (TPSA) is 72.9 Å². The fraction of sp³-hybridized carbons (Fsp3) is 0.238. The van der Waals surface area contributed by atoms with Gasteiger partial charge in [-0.15, -0.1) is 15.3 Å². The molecule has 0 aliphatic rings. The van der Waals surface area contributed by atoms with Crippen molar-refractivity contribution < 1.29 is 17.6 Å². The molecule has 0 spiro atoms. The number of halogens is 3. The van der Waals surface area contributed by atoms with Crippen molar-refractivity contribution in [1.29, 1.82) is 0 Å². The molecule has 0 fully saturated rings. The van der Waals surface area contributed by atoms with Gasteiger partial charge in [0.15, 0.2) is 0 Å². The lowest BCUT2D eigenvalue weighted by Gasteiger charge is -2.13. The van der Waals surface area contributed by atoms with Gasteiger partial charge in [0.1, 0.15) is 11.5 Å². The van der Waals surface area contributed by atoms with Crippen molar-refractivity contribution >= 4 is 0 Å². The first-order valence-electron chi connectivity index (χ1n) is 9.45. The predicted octanol–water partition coefficient (Wildman–Crippen LogP) is 4.18. The summed E-state index contributed by atoms with van der Waals surface area (Å²) in [6, 6.07) is 13.9. The predicted molar refractivity (Wildman–Crippen MR) is 107 cm³/mol. The second kappa shape index (κ2) is 8.68. The minimum atomic E-state index is -2.88. The Bertz CT molecular complexity index is 1170. The third kappa shape index (κ3) is 4.48. The van der Waals surface area contributed by atoms with Gasteiger partial charge < -0.3 is 9.32 Å². The van der Waals surface area contributed by atoms with Crippen LogP contribution in [0.4, 0.5) is 13.2 Å². The highest BCUT2D eigenvalue weighted by Gasteiger charge is 2.19. The van der Waals surface area contributed by atoms with Crippen molar-refractivity contribution in [2.45, 2.75) is 19.5 Å². The summed E-state index contributed by atoms with van der Waals surface area (Å²) >= 11 is 0. The Morgan fingerprint density at radius 3 is 2.42 bits per heavy atom. The molecule has 0 saturated carbocycles. The Morgan fingerprint density at radius 2 is 1.77 bits per heavy atom. The summed E-state index contributed by atoms with van der Waals surface area (Å²) in [4.78, 5) is 1.98. The maximum Gasteiger partial charge on any atom is 0.314 e. The van der Waals surface area contributed by atoms with Crippen molar-refractivity contribution in [3.63, 3.8) is 0 Å². The molecule has 0 aliphatic carbocycles. The largest absolute Gasteiger partial charge is 0.415 e. The SMILES string of the molecule is CN(C)Cc1c(-c2ccccc2)nnn1Cc1ccc(-c2nnc(C(F)F)o2)cc1F. The van der Waals surface area contributed by atoms with Crippen LogP contribution in [0.5, 0.6) is 0 Å². The lowest BCUT2D eigenvalue weighted by atomic mass is 10.1. The van der Waals surface area contributed by atoms with E-state index in [9.17, 15) is 13.2 Å². The smallest absolute Gasteiger partial charge is 0.314 e. The van der Waals surface area contributed by atoms with Gasteiger partial charge in [0.25, 0.3) is 5.89 Å². The molecule has 10 heteroatoms. The van der Waals surface area contributed by atoms with E-state index in [2.05, 4.69) is 20.5 Å². The van der Waals surface area contributed by atoms with Gasteiger partial charge in [-0.3, -0.25) is 0 Å². The van der Waals surface area contributed by atoms with Gasteiger partial charge in [-0.2, -0.15) is 8.78 Å². The van der Waals surface area contributed by atoms with Crippen LogP contribution in [0, 0.1) is 5.82 Å². The van der Waals surface area contributed by atoms with E-state index in [0.717, 1.165) is 17.0 Å². The summed E-state index contributed by atoms with van der Waals surface area (Å²) < 4.78 is 46.6. The number of rotatable bonds is 7. The number of aromatic nitrogens is 5. The molecule has 0 N–H and O–H groups in total. The minimum absolute atomic E-state index is 0.154. The summed E-state index contributed by atoms with van der Waals surface area (Å²) in [5, 5.41) is 15.4. The quantitative estimate of drug-likeness (QED) is 0.440. The van der Waals surface area contributed by atoms with E-state index in [1.807, 2.05) is 49.3 Å². The van der Waals surface area contributed by atoms with Gasteiger partial charge in [-0.1, -0.05) is 41.6 Å². The molecule has 0 amide bonds. The maximum atomic E-state index is 14.8. The Kier molecular flexibility index (Phi) is 5.81. The molecule has 0 aliphatic heterocycles. The molecule has 0 bridgehead atoms. The number of hydrogen-bond acceptors (Lipinski definition) is 6. The zero-order valence-corrected chi connectivity index (χ0v) is 16.8. The molecule has 0 saturated heterocycles. The van der Waals surface area contributed by atoms with E-state index in [0.29, 0.717) is 12.1 Å². The van der Waals surface area contributed by atoms with Crippen molar-refractivity contribution in [1.82, 2.24) is 30.1 Å². The number of benzene rings is 2. The second-order valence-corrected chi connectivity index (χ2v) is 7.20. The van der Waals surface area contributed by atoms with E-state index in [4.69, 9.17) is 4.42 Å². The maximum absolute atomic E-state index is 14.8. The zero-order chi connectivity index (χ0) is 22.0. The molecule has 2 aromatic heterocycles. The van der Waals surface area contributed by atoms with E-state index in [1.54, 1.807) is 16.8 Å². The van der Waals surface area contributed by atoms with E-state index >= 15 is 0 Å². The standard InChI is InChI=1S/C21H19F3N6O/c1-29(2)12-17-18(13-6-4-3-5-7-13)25-28-30(17)11-15-9-8-14(10-16(15)22)20-26-27-21(31-20)19(23)24/h3-10,19H,11-12H2,1-2H3. The van der Waals surface area contributed by atoms with Gasteiger partial charge in [0.2, 0.25) is 5.89 Å². The first-order chi connectivity index (χ1) is 14.9. The third-order valence-corrected chi connectivity index (χ3v) is 4.60.